The Labute approximate surface area is 180 Å². The van der Waals surface area contributed by atoms with Gasteiger partial charge in [-0.15, -0.1) is 0 Å². The molecule has 2 amide bonds. The number of carbonyl (C=O) groups is 3. The SMILES string of the molecule is Cc1cc(Cl)cc(C(=O)O)c1NC(=O)COCC(=O)NC12CC3CC(CC(C3)C1)C2. The fourth-order valence-electron chi connectivity index (χ4n) is 6.09. The number of anilines is 1. The zero-order valence-electron chi connectivity index (χ0n) is 17.0. The predicted octanol–water partition coefficient (Wildman–Crippen LogP) is 3.39. The fraction of sp³-hybridized carbons (Fsp3) is 0.591. The molecule has 5 rings (SSSR count). The van der Waals surface area contributed by atoms with Gasteiger partial charge in [-0.25, -0.2) is 4.79 Å². The van der Waals surface area contributed by atoms with Gasteiger partial charge in [-0.2, -0.15) is 0 Å². The van der Waals surface area contributed by atoms with Crippen LogP contribution < -0.4 is 10.6 Å². The maximum Gasteiger partial charge on any atom is 0.337 e. The molecule has 7 nitrogen and oxygen atoms in total. The summed E-state index contributed by atoms with van der Waals surface area (Å²) in [5.74, 6) is 0.286. The van der Waals surface area contributed by atoms with Crippen LogP contribution in [-0.2, 0) is 14.3 Å². The average molecular weight is 435 g/mol. The van der Waals surface area contributed by atoms with Crippen LogP contribution in [-0.4, -0.2) is 41.6 Å². The van der Waals surface area contributed by atoms with E-state index in [1.165, 1.54) is 25.3 Å². The van der Waals surface area contributed by atoms with Gasteiger partial charge in [-0.1, -0.05) is 11.6 Å². The predicted molar refractivity (Wildman–Crippen MR) is 112 cm³/mol. The molecule has 4 aliphatic carbocycles. The number of halogens is 1. The van der Waals surface area contributed by atoms with Crippen LogP contribution in [0.2, 0.25) is 5.02 Å². The Bertz CT molecular complexity index is 849. The molecule has 0 unspecified atom stereocenters. The fourth-order valence-corrected chi connectivity index (χ4v) is 6.36. The van der Waals surface area contributed by atoms with Crippen molar-refractivity contribution in [2.45, 2.75) is 51.0 Å². The lowest BCUT2D eigenvalue weighted by Crippen LogP contribution is -2.60. The van der Waals surface area contributed by atoms with Crippen molar-refractivity contribution in [3.05, 3.63) is 28.3 Å². The van der Waals surface area contributed by atoms with E-state index in [-0.39, 0.29) is 40.9 Å². The Balaban J connectivity index is 1.27. The van der Waals surface area contributed by atoms with E-state index in [4.69, 9.17) is 16.3 Å². The summed E-state index contributed by atoms with van der Waals surface area (Å²) in [6.45, 7) is 1.13. The van der Waals surface area contributed by atoms with E-state index in [1.807, 2.05) is 0 Å². The summed E-state index contributed by atoms with van der Waals surface area (Å²) < 4.78 is 5.31. The standard InChI is InChI=1S/C22H27ClN2O5/c1-12-2-16(23)6-17(21(28)29)20(12)24-18(26)10-30-11-19(27)25-22-7-13-3-14(8-22)5-15(4-13)9-22/h2,6,13-15H,3-5,7-11H2,1H3,(H,24,26)(H,25,27)(H,28,29). The van der Waals surface area contributed by atoms with Gasteiger partial charge in [-0.3, -0.25) is 9.59 Å². The first kappa shape index (κ1) is 21.1. The number of benzene rings is 1. The lowest BCUT2D eigenvalue weighted by molar-refractivity contribution is -0.133. The van der Waals surface area contributed by atoms with Crippen LogP contribution in [0.25, 0.3) is 0 Å². The number of hydrogen-bond donors (Lipinski definition) is 3. The van der Waals surface area contributed by atoms with Gasteiger partial charge in [0.1, 0.15) is 13.2 Å². The van der Waals surface area contributed by atoms with Crippen molar-refractivity contribution < 1.29 is 24.2 Å². The molecule has 1 aromatic rings. The number of amides is 2. The second-order valence-electron chi connectivity index (χ2n) is 9.24. The zero-order valence-corrected chi connectivity index (χ0v) is 17.8. The molecule has 0 spiro atoms. The highest BCUT2D eigenvalue weighted by atomic mass is 35.5. The topological polar surface area (TPSA) is 105 Å². The van der Waals surface area contributed by atoms with Crippen LogP contribution in [0.5, 0.6) is 0 Å². The quantitative estimate of drug-likeness (QED) is 0.610. The summed E-state index contributed by atoms with van der Waals surface area (Å²) in [6.07, 6.45) is 7.06. The molecule has 3 N–H and O–H groups in total. The van der Waals surface area contributed by atoms with Gasteiger partial charge in [0, 0.05) is 10.6 Å². The highest BCUT2D eigenvalue weighted by molar-refractivity contribution is 6.31. The van der Waals surface area contributed by atoms with E-state index < -0.39 is 11.9 Å². The average Bonchev–Trinajstić information content (AvgIpc) is 2.61. The van der Waals surface area contributed by atoms with Crippen molar-refractivity contribution in [2.75, 3.05) is 18.5 Å². The van der Waals surface area contributed by atoms with E-state index in [2.05, 4.69) is 10.6 Å². The van der Waals surface area contributed by atoms with Crippen molar-refractivity contribution in [1.82, 2.24) is 5.32 Å². The number of ether oxygens (including phenoxy) is 1. The highest BCUT2D eigenvalue weighted by Gasteiger charge is 2.51. The summed E-state index contributed by atoms with van der Waals surface area (Å²) in [7, 11) is 0. The Morgan fingerprint density at radius 3 is 2.20 bits per heavy atom. The van der Waals surface area contributed by atoms with Crippen LogP contribution in [0, 0.1) is 24.7 Å². The van der Waals surface area contributed by atoms with Gasteiger partial charge in [0.05, 0.1) is 11.3 Å². The number of carboxylic acid groups (broad SMARTS) is 1. The smallest absolute Gasteiger partial charge is 0.337 e. The van der Waals surface area contributed by atoms with E-state index in [0.717, 1.165) is 37.0 Å². The van der Waals surface area contributed by atoms with Crippen molar-refractivity contribution in [3.8, 4) is 0 Å². The zero-order chi connectivity index (χ0) is 21.5. The number of aromatic carboxylic acids is 1. The number of hydrogen-bond acceptors (Lipinski definition) is 4. The van der Waals surface area contributed by atoms with E-state index in [0.29, 0.717) is 5.56 Å². The summed E-state index contributed by atoms with van der Waals surface area (Å²) in [5, 5.41) is 15.4. The second kappa shape index (κ2) is 8.19. The lowest BCUT2D eigenvalue weighted by Gasteiger charge is -2.56. The van der Waals surface area contributed by atoms with Gasteiger partial charge in [0.15, 0.2) is 0 Å². The Morgan fingerprint density at radius 2 is 1.63 bits per heavy atom. The minimum Gasteiger partial charge on any atom is -0.478 e. The molecule has 4 aliphatic rings. The van der Waals surface area contributed by atoms with E-state index >= 15 is 0 Å². The molecule has 4 fully saturated rings. The highest BCUT2D eigenvalue weighted by Crippen LogP contribution is 2.55. The normalized spacial score (nSPS) is 28.9. The van der Waals surface area contributed by atoms with Crippen LogP contribution in [0.4, 0.5) is 5.69 Å². The van der Waals surface area contributed by atoms with Crippen LogP contribution in [0.3, 0.4) is 0 Å². The van der Waals surface area contributed by atoms with E-state index in [9.17, 15) is 19.5 Å². The largest absolute Gasteiger partial charge is 0.478 e. The maximum absolute atomic E-state index is 12.4. The Morgan fingerprint density at radius 1 is 1.07 bits per heavy atom. The summed E-state index contributed by atoms with van der Waals surface area (Å²) in [6, 6.07) is 2.86. The molecule has 4 bridgehead atoms. The lowest BCUT2D eigenvalue weighted by atomic mass is 9.53. The van der Waals surface area contributed by atoms with Crippen molar-refractivity contribution >= 4 is 35.1 Å². The molecule has 0 heterocycles. The van der Waals surface area contributed by atoms with Gasteiger partial charge in [-0.05, 0) is 80.9 Å². The Hall–Kier alpha value is -2.12. The minimum absolute atomic E-state index is 0.0890. The summed E-state index contributed by atoms with van der Waals surface area (Å²) in [5.41, 5.74) is 0.535. The molecule has 0 aliphatic heterocycles. The number of nitrogens with one attached hydrogen (secondary N) is 2. The molecule has 30 heavy (non-hydrogen) atoms. The monoisotopic (exact) mass is 434 g/mol. The first-order valence-corrected chi connectivity index (χ1v) is 10.8. The number of carbonyl (C=O) groups excluding carboxylic acids is 2. The third-order valence-electron chi connectivity index (χ3n) is 6.70. The summed E-state index contributed by atoms with van der Waals surface area (Å²) >= 11 is 5.90. The molecule has 8 heteroatoms. The summed E-state index contributed by atoms with van der Waals surface area (Å²) in [4.78, 5) is 36.1. The van der Waals surface area contributed by atoms with Gasteiger partial charge < -0.3 is 20.5 Å². The molecule has 0 saturated heterocycles. The van der Waals surface area contributed by atoms with Crippen LogP contribution in [0.15, 0.2) is 12.1 Å². The number of aryl methyl sites for hydroxylation is 1. The van der Waals surface area contributed by atoms with Crippen molar-refractivity contribution in [1.29, 1.82) is 0 Å². The van der Waals surface area contributed by atoms with Crippen LogP contribution >= 0.6 is 11.6 Å². The molecule has 4 saturated carbocycles. The molecule has 1 aromatic carbocycles. The van der Waals surface area contributed by atoms with Gasteiger partial charge in [0.2, 0.25) is 11.8 Å². The molecule has 162 valence electrons. The second-order valence-corrected chi connectivity index (χ2v) is 9.67. The van der Waals surface area contributed by atoms with Crippen molar-refractivity contribution in [2.24, 2.45) is 17.8 Å². The molecule has 0 aromatic heterocycles. The van der Waals surface area contributed by atoms with Gasteiger partial charge in [0.25, 0.3) is 0 Å². The molecular formula is C22H27ClN2O5. The first-order valence-electron chi connectivity index (χ1n) is 10.4. The maximum atomic E-state index is 12.4. The molecule has 0 radical (unpaired) electrons. The van der Waals surface area contributed by atoms with Crippen molar-refractivity contribution in [3.63, 3.8) is 0 Å². The minimum atomic E-state index is -1.19. The molecule has 0 atom stereocenters. The number of carboxylic acids is 1. The Kier molecular flexibility index (Phi) is 5.77. The third kappa shape index (κ3) is 4.47. The molecular weight excluding hydrogens is 408 g/mol. The third-order valence-corrected chi connectivity index (χ3v) is 6.92. The number of rotatable bonds is 7. The van der Waals surface area contributed by atoms with E-state index in [1.54, 1.807) is 13.0 Å². The van der Waals surface area contributed by atoms with Crippen LogP contribution in [0.1, 0.15) is 54.4 Å². The first-order chi connectivity index (χ1) is 14.2. The van der Waals surface area contributed by atoms with Gasteiger partial charge >= 0.3 is 5.97 Å².